The number of hydrogen-bond donors (Lipinski definition) is 1. The number of fused-ring (bicyclic) bond motifs is 1. The van der Waals surface area contributed by atoms with Gasteiger partial charge < -0.3 is 23.7 Å². The van der Waals surface area contributed by atoms with Gasteiger partial charge in [0.05, 0.1) is 6.26 Å². The average Bonchev–Trinajstić information content (AvgIpc) is 3.55. The summed E-state index contributed by atoms with van der Waals surface area (Å²) in [5.41, 5.74) is 1.75. The molecule has 1 aliphatic rings. The van der Waals surface area contributed by atoms with Gasteiger partial charge in [0, 0.05) is 12.0 Å². The van der Waals surface area contributed by atoms with E-state index in [1.54, 1.807) is 24.3 Å². The number of benzene rings is 2. The van der Waals surface area contributed by atoms with Crippen molar-refractivity contribution in [3.05, 3.63) is 84.1 Å². The molecule has 0 fully saturated rings. The third-order valence-corrected chi connectivity index (χ3v) is 4.70. The second-order valence-corrected chi connectivity index (χ2v) is 6.72. The smallest absolute Gasteiger partial charge is 0.287 e. The largest absolute Gasteiger partial charge is 0.459 e. The number of furan rings is 1. The molecule has 3 heterocycles. The molecular weight excluding hydrogens is 386 g/mol. The van der Waals surface area contributed by atoms with Crippen molar-refractivity contribution in [2.45, 2.75) is 12.5 Å². The molecule has 4 aromatic rings. The minimum atomic E-state index is -0.528. The Labute approximate surface area is 171 Å². The maximum atomic E-state index is 12.6. The molecule has 0 aliphatic carbocycles. The van der Waals surface area contributed by atoms with Crippen molar-refractivity contribution in [2.24, 2.45) is 0 Å². The quantitative estimate of drug-likeness (QED) is 0.523. The fraction of sp³-hybridized carbons (Fsp3) is 0.136. The van der Waals surface area contributed by atoms with Crippen molar-refractivity contribution >= 4 is 5.91 Å². The molecule has 5 rings (SSSR count). The molecule has 30 heavy (non-hydrogen) atoms. The summed E-state index contributed by atoms with van der Waals surface area (Å²) < 4.78 is 21.5. The minimum Gasteiger partial charge on any atom is -0.459 e. The number of rotatable bonds is 6. The lowest BCUT2D eigenvalue weighted by Crippen LogP contribution is -2.30. The van der Waals surface area contributed by atoms with Crippen LogP contribution in [0.2, 0.25) is 0 Å². The zero-order valence-corrected chi connectivity index (χ0v) is 15.8. The Morgan fingerprint density at radius 1 is 1.03 bits per heavy atom. The lowest BCUT2D eigenvalue weighted by atomic mass is 10.1. The summed E-state index contributed by atoms with van der Waals surface area (Å²) in [4.78, 5) is 17.1. The molecule has 150 valence electrons. The Kier molecular flexibility index (Phi) is 4.65. The van der Waals surface area contributed by atoms with Crippen molar-refractivity contribution < 1.29 is 23.2 Å². The Morgan fingerprint density at radius 2 is 1.90 bits per heavy atom. The van der Waals surface area contributed by atoms with Crippen LogP contribution in [0, 0.1) is 0 Å². The fourth-order valence-corrected chi connectivity index (χ4v) is 3.22. The molecule has 2 aromatic heterocycles. The standard InChI is InChI=1S/C22H17N3O5/c26-21(18-7-4-10-27-18)23-16(11-14-5-2-1-3-6-14)22-24-20(25-30-22)15-8-9-17-19(12-15)29-13-28-17/h1-10,12,16H,11,13H2,(H,23,26)/t16-/m0/s1. The average molecular weight is 403 g/mol. The van der Waals surface area contributed by atoms with Crippen molar-refractivity contribution in [1.82, 2.24) is 15.5 Å². The first-order valence-corrected chi connectivity index (χ1v) is 9.38. The zero-order valence-electron chi connectivity index (χ0n) is 15.8. The van der Waals surface area contributed by atoms with Gasteiger partial charge in [-0.1, -0.05) is 35.5 Å². The van der Waals surface area contributed by atoms with Crippen molar-refractivity contribution in [2.75, 3.05) is 6.79 Å². The van der Waals surface area contributed by atoms with Crippen LogP contribution in [0.15, 0.2) is 75.9 Å². The molecule has 1 amide bonds. The van der Waals surface area contributed by atoms with Crippen LogP contribution < -0.4 is 14.8 Å². The molecule has 0 radical (unpaired) electrons. The van der Waals surface area contributed by atoms with Crippen LogP contribution in [0.3, 0.4) is 0 Å². The van der Waals surface area contributed by atoms with Gasteiger partial charge in [-0.3, -0.25) is 4.79 Å². The molecule has 0 saturated carbocycles. The van der Waals surface area contributed by atoms with Gasteiger partial charge in [-0.2, -0.15) is 4.98 Å². The Balaban J connectivity index is 1.43. The lowest BCUT2D eigenvalue weighted by Gasteiger charge is -2.14. The highest BCUT2D eigenvalue weighted by Gasteiger charge is 2.24. The number of nitrogens with one attached hydrogen (secondary N) is 1. The second kappa shape index (κ2) is 7.75. The maximum absolute atomic E-state index is 12.6. The number of aromatic nitrogens is 2. The van der Waals surface area contributed by atoms with Crippen LogP contribution in [-0.4, -0.2) is 22.8 Å². The van der Waals surface area contributed by atoms with Gasteiger partial charge in [0.15, 0.2) is 17.3 Å². The summed E-state index contributed by atoms with van der Waals surface area (Å²) in [6.07, 6.45) is 1.93. The number of nitrogens with zero attached hydrogens (tertiary/aromatic N) is 2. The first kappa shape index (κ1) is 18.0. The van der Waals surface area contributed by atoms with Crippen LogP contribution >= 0.6 is 0 Å². The second-order valence-electron chi connectivity index (χ2n) is 6.72. The molecule has 2 aromatic carbocycles. The Bertz CT molecular complexity index is 1150. The predicted molar refractivity (Wildman–Crippen MR) is 105 cm³/mol. The number of hydrogen-bond acceptors (Lipinski definition) is 7. The molecule has 0 saturated heterocycles. The molecule has 1 aliphatic heterocycles. The molecule has 0 bridgehead atoms. The third kappa shape index (κ3) is 3.62. The van der Waals surface area contributed by atoms with Gasteiger partial charge >= 0.3 is 0 Å². The highest BCUT2D eigenvalue weighted by atomic mass is 16.7. The van der Waals surface area contributed by atoms with E-state index in [2.05, 4.69) is 15.5 Å². The van der Waals surface area contributed by atoms with Crippen molar-refractivity contribution in [3.63, 3.8) is 0 Å². The topological polar surface area (TPSA) is 99.6 Å². The van der Waals surface area contributed by atoms with E-state index in [9.17, 15) is 4.79 Å². The first-order chi connectivity index (χ1) is 14.8. The lowest BCUT2D eigenvalue weighted by molar-refractivity contribution is 0.0900. The molecule has 1 N–H and O–H groups in total. The highest BCUT2D eigenvalue weighted by molar-refractivity contribution is 5.91. The molecule has 0 spiro atoms. The van der Waals surface area contributed by atoms with Crippen LogP contribution in [-0.2, 0) is 6.42 Å². The molecule has 1 atom stereocenters. The first-order valence-electron chi connectivity index (χ1n) is 9.38. The molecule has 0 unspecified atom stereocenters. The van der Waals surface area contributed by atoms with E-state index in [4.69, 9.17) is 18.4 Å². The van der Waals surface area contributed by atoms with Gasteiger partial charge in [0.2, 0.25) is 18.5 Å². The van der Waals surface area contributed by atoms with E-state index < -0.39 is 6.04 Å². The summed E-state index contributed by atoms with van der Waals surface area (Å²) in [6.45, 7) is 0.189. The van der Waals surface area contributed by atoms with Gasteiger partial charge in [-0.25, -0.2) is 0 Å². The summed E-state index contributed by atoms with van der Waals surface area (Å²) in [5, 5.41) is 7.00. The van der Waals surface area contributed by atoms with Crippen LogP contribution in [0.25, 0.3) is 11.4 Å². The van der Waals surface area contributed by atoms with Gasteiger partial charge in [0.1, 0.15) is 6.04 Å². The van der Waals surface area contributed by atoms with Gasteiger partial charge in [0.25, 0.3) is 5.91 Å². The maximum Gasteiger partial charge on any atom is 0.287 e. The summed E-state index contributed by atoms with van der Waals surface area (Å²) in [5.74, 6) is 1.85. The monoisotopic (exact) mass is 403 g/mol. The van der Waals surface area contributed by atoms with E-state index in [0.29, 0.717) is 29.6 Å². The van der Waals surface area contributed by atoms with E-state index in [1.807, 2.05) is 36.4 Å². The van der Waals surface area contributed by atoms with Gasteiger partial charge in [-0.05, 0) is 35.9 Å². The van der Waals surface area contributed by atoms with E-state index >= 15 is 0 Å². The Morgan fingerprint density at radius 3 is 2.73 bits per heavy atom. The highest BCUT2D eigenvalue weighted by Crippen LogP contribution is 2.35. The van der Waals surface area contributed by atoms with Crippen LogP contribution in [0.4, 0.5) is 0 Å². The van der Waals surface area contributed by atoms with Gasteiger partial charge in [-0.15, -0.1) is 0 Å². The van der Waals surface area contributed by atoms with E-state index in [1.165, 1.54) is 6.26 Å². The number of carbonyl (C=O) groups excluding carboxylic acids is 1. The minimum absolute atomic E-state index is 0.189. The van der Waals surface area contributed by atoms with Crippen molar-refractivity contribution in [3.8, 4) is 22.9 Å². The molecular formula is C22H17N3O5. The molecule has 8 nitrogen and oxygen atoms in total. The number of ether oxygens (including phenoxy) is 2. The summed E-state index contributed by atoms with van der Waals surface area (Å²) >= 11 is 0. The van der Waals surface area contributed by atoms with Crippen molar-refractivity contribution in [1.29, 1.82) is 0 Å². The number of amides is 1. The van der Waals surface area contributed by atoms with Crippen LogP contribution in [0.5, 0.6) is 11.5 Å². The van der Waals surface area contributed by atoms with Crippen LogP contribution in [0.1, 0.15) is 28.1 Å². The fourth-order valence-electron chi connectivity index (χ4n) is 3.22. The predicted octanol–water partition coefficient (Wildman–Crippen LogP) is 3.77. The third-order valence-electron chi connectivity index (χ3n) is 4.70. The summed E-state index contributed by atoms with van der Waals surface area (Å²) in [6, 6.07) is 17.9. The summed E-state index contributed by atoms with van der Waals surface area (Å²) in [7, 11) is 0. The normalized spacial score (nSPS) is 13.2. The number of carbonyl (C=O) groups is 1. The van der Waals surface area contributed by atoms with E-state index in [-0.39, 0.29) is 18.5 Å². The SMILES string of the molecule is O=C(N[C@@H](Cc1ccccc1)c1nc(-c2ccc3c(c2)OCO3)no1)c1ccco1. The zero-order chi connectivity index (χ0) is 20.3. The Hall–Kier alpha value is -4.07. The molecule has 8 heteroatoms. The van der Waals surface area contributed by atoms with E-state index in [0.717, 1.165) is 11.1 Å².